The summed E-state index contributed by atoms with van der Waals surface area (Å²) >= 11 is 6.24. The first kappa shape index (κ1) is 22.5. The van der Waals surface area contributed by atoms with E-state index in [1.807, 2.05) is 13.8 Å². The molecule has 0 aromatic heterocycles. The van der Waals surface area contributed by atoms with Crippen LogP contribution in [0.4, 0.5) is 11.4 Å². The van der Waals surface area contributed by atoms with Gasteiger partial charge in [0.25, 0.3) is 11.8 Å². The predicted octanol–water partition coefficient (Wildman–Crippen LogP) is 4.34. The highest BCUT2D eigenvalue weighted by Crippen LogP contribution is 2.30. The van der Waals surface area contributed by atoms with Crippen LogP contribution < -0.4 is 10.6 Å². The van der Waals surface area contributed by atoms with E-state index in [4.69, 9.17) is 11.6 Å². The third-order valence-corrected chi connectivity index (χ3v) is 5.29. The second-order valence-electron chi connectivity index (χ2n) is 7.76. The molecular weight excluding hydrogens is 418 g/mol. The van der Waals surface area contributed by atoms with E-state index in [-0.39, 0.29) is 33.7 Å². The van der Waals surface area contributed by atoms with Crippen LogP contribution >= 0.6 is 11.6 Å². The van der Waals surface area contributed by atoms with E-state index in [1.165, 1.54) is 0 Å². The summed E-state index contributed by atoms with van der Waals surface area (Å²) in [5.41, 5.74) is 1.34. The maximum atomic E-state index is 13.2. The molecule has 8 heteroatoms. The molecule has 0 spiro atoms. The molecule has 1 unspecified atom stereocenters. The number of hydrogen-bond acceptors (Lipinski definition) is 4. The van der Waals surface area contributed by atoms with Crippen molar-refractivity contribution in [3.63, 3.8) is 0 Å². The molecule has 0 fully saturated rings. The SMILES string of the molecule is CCC(=O)Nc1ccc(Cl)c(NC(=O)C(CC(C)C)N2C(=O)c3ccccc3C2=O)c1. The third-order valence-electron chi connectivity index (χ3n) is 4.96. The summed E-state index contributed by atoms with van der Waals surface area (Å²) in [6, 6.07) is 10.2. The van der Waals surface area contributed by atoms with Gasteiger partial charge in [0.05, 0.1) is 21.8 Å². The summed E-state index contributed by atoms with van der Waals surface area (Å²) < 4.78 is 0. The predicted molar refractivity (Wildman–Crippen MR) is 119 cm³/mol. The van der Waals surface area contributed by atoms with Gasteiger partial charge >= 0.3 is 0 Å². The molecule has 1 aliphatic rings. The van der Waals surface area contributed by atoms with Crippen molar-refractivity contribution < 1.29 is 19.2 Å². The summed E-state index contributed by atoms with van der Waals surface area (Å²) in [6.07, 6.45) is 0.599. The molecule has 162 valence electrons. The number of hydrogen-bond donors (Lipinski definition) is 2. The van der Waals surface area contributed by atoms with E-state index in [9.17, 15) is 19.2 Å². The Bertz CT molecular complexity index is 1020. The number of anilines is 2. The average molecular weight is 442 g/mol. The van der Waals surface area contributed by atoms with Crippen LogP contribution in [0, 0.1) is 5.92 Å². The molecule has 1 heterocycles. The Labute approximate surface area is 185 Å². The van der Waals surface area contributed by atoms with Crippen molar-refractivity contribution in [3.8, 4) is 0 Å². The molecule has 0 bridgehead atoms. The minimum absolute atomic E-state index is 0.0470. The number of carbonyl (C=O) groups excluding carboxylic acids is 4. The van der Waals surface area contributed by atoms with E-state index in [0.29, 0.717) is 18.5 Å². The fourth-order valence-electron chi connectivity index (χ4n) is 3.43. The molecule has 3 rings (SSSR count). The molecule has 7 nitrogen and oxygen atoms in total. The van der Waals surface area contributed by atoms with Gasteiger partial charge in [-0.15, -0.1) is 0 Å². The van der Waals surface area contributed by atoms with Gasteiger partial charge in [-0.2, -0.15) is 0 Å². The Morgan fingerprint density at radius 2 is 1.61 bits per heavy atom. The Kier molecular flexibility index (Phi) is 6.75. The van der Waals surface area contributed by atoms with Crippen molar-refractivity contribution in [2.24, 2.45) is 5.92 Å². The Morgan fingerprint density at radius 1 is 1.00 bits per heavy atom. The number of nitrogens with one attached hydrogen (secondary N) is 2. The van der Waals surface area contributed by atoms with Crippen LogP contribution in [0.15, 0.2) is 42.5 Å². The van der Waals surface area contributed by atoms with Crippen LogP contribution in [0.25, 0.3) is 0 Å². The molecule has 4 amide bonds. The third kappa shape index (κ3) is 4.77. The standard InChI is InChI=1S/C23H24ClN3O4/c1-4-20(28)25-14-9-10-17(24)18(12-14)26-21(29)19(11-13(2)3)27-22(30)15-7-5-6-8-16(15)23(27)31/h5-10,12-13,19H,4,11H2,1-3H3,(H,25,28)(H,26,29). The first-order valence-corrected chi connectivity index (χ1v) is 10.5. The highest BCUT2D eigenvalue weighted by molar-refractivity contribution is 6.34. The highest BCUT2D eigenvalue weighted by atomic mass is 35.5. The lowest BCUT2D eigenvalue weighted by atomic mass is 10.0. The molecule has 2 aromatic carbocycles. The molecule has 0 radical (unpaired) electrons. The number of nitrogens with zero attached hydrogens (tertiary/aromatic N) is 1. The molecule has 31 heavy (non-hydrogen) atoms. The fraction of sp³-hybridized carbons (Fsp3) is 0.304. The van der Waals surface area contributed by atoms with Crippen LogP contribution in [-0.2, 0) is 9.59 Å². The minimum Gasteiger partial charge on any atom is -0.326 e. The van der Waals surface area contributed by atoms with Gasteiger partial charge in [0.15, 0.2) is 0 Å². The fourth-order valence-corrected chi connectivity index (χ4v) is 3.60. The molecule has 0 saturated heterocycles. The highest BCUT2D eigenvalue weighted by Gasteiger charge is 2.42. The number of carbonyl (C=O) groups is 4. The Balaban J connectivity index is 1.88. The van der Waals surface area contributed by atoms with E-state index < -0.39 is 23.8 Å². The lowest BCUT2D eigenvalue weighted by Gasteiger charge is -2.27. The molecular formula is C23H24ClN3O4. The van der Waals surface area contributed by atoms with Gasteiger partial charge in [0, 0.05) is 12.1 Å². The Hall–Kier alpha value is -3.19. The topological polar surface area (TPSA) is 95.6 Å². The van der Waals surface area contributed by atoms with Crippen LogP contribution in [0.1, 0.15) is 54.3 Å². The molecule has 0 saturated carbocycles. The van der Waals surface area contributed by atoms with Gasteiger partial charge in [-0.1, -0.05) is 44.5 Å². The Morgan fingerprint density at radius 3 is 2.16 bits per heavy atom. The molecule has 2 N–H and O–H groups in total. The zero-order valence-corrected chi connectivity index (χ0v) is 18.3. The molecule has 1 aliphatic heterocycles. The van der Waals surface area contributed by atoms with Gasteiger partial charge in [0.1, 0.15) is 6.04 Å². The maximum absolute atomic E-state index is 13.2. The molecule has 0 aliphatic carbocycles. The van der Waals surface area contributed by atoms with E-state index in [0.717, 1.165) is 4.90 Å². The second-order valence-corrected chi connectivity index (χ2v) is 8.16. The zero-order chi connectivity index (χ0) is 22.7. The van der Waals surface area contributed by atoms with Crippen molar-refractivity contribution in [3.05, 3.63) is 58.6 Å². The lowest BCUT2D eigenvalue weighted by Crippen LogP contribution is -2.48. The summed E-state index contributed by atoms with van der Waals surface area (Å²) in [4.78, 5) is 51.7. The van der Waals surface area contributed by atoms with Gasteiger partial charge in [-0.25, -0.2) is 0 Å². The molecule has 2 aromatic rings. The average Bonchev–Trinajstić information content (AvgIpc) is 2.99. The number of halogens is 1. The summed E-state index contributed by atoms with van der Waals surface area (Å²) in [5.74, 6) is -1.63. The summed E-state index contributed by atoms with van der Waals surface area (Å²) in [5, 5.41) is 5.70. The maximum Gasteiger partial charge on any atom is 0.262 e. The van der Waals surface area contributed by atoms with Gasteiger partial charge in [-0.3, -0.25) is 24.1 Å². The first-order chi connectivity index (χ1) is 14.7. The number of amides is 4. The van der Waals surface area contributed by atoms with E-state index >= 15 is 0 Å². The minimum atomic E-state index is -1.00. The number of benzene rings is 2. The number of imide groups is 1. The van der Waals surface area contributed by atoms with Crippen molar-refractivity contribution in [1.82, 2.24) is 4.90 Å². The van der Waals surface area contributed by atoms with Crippen LogP contribution in [0.3, 0.4) is 0 Å². The van der Waals surface area contributed by atoms with Crippen molar-refractivity contribution >= 4 is 46.6 Å². The quantitative estimate of drug-likeness (QED) is 0.625. The van der Waals surface area contributed by atoms with Crippen molar-refractivity contribution in [2.45, 2.75) is 39.7 Å². The van der Waals surface area contributed by atoms with Gasteiger partial charge < -0.3 is 10.6 Å². The van der Waals surface area contributed by atoms with E-state index in [1.54, 1.807) is 49.4 Å². The molecule has 1 atom stereocenters. The largest absolute Gasteiger partial charge is 0.326 e. The first-order valence-electron chi connectivity index (χ1n) is 10.1. The van der Waals surface area contributed by atoms with Crippen LogP contribution in [-0.4, -0.2) is 34.6 Å². The number of fused-ring (bicyclic) bond motifs is 1. The van der Waals surface area contributed by atoms with Crippen molar-refractivity contribution in [2.75, 3.05) is 10.6 Å². The van der Waals surface area contributed by atoms with Gasteiger partial charge in [-0.05, 0) is 42.7 Å². The van der Waals surface area contributed by atoms with E-state index in [2.05, 4.69) is 10.6 Å². The second kappa shape index (κ2) is 9.31. The summed E-state index contributed by atoms with van der Waals surface area (Å²) in [7, 11) is 0. The zero-order valence-electron chi connectivity index (χ0n) is 17.6. The number of rotatable bonds is 7. The van der Waals surface area contributed by atoms with Crippen LogP contribution in [0.5, 0.6) is 0 Å². The smallest absolute Gasteiger partial charge is 0.262 e. The summed E-state index contributed by atoms with van der Waals surface area (Å²) in [6.45, 7) is 5.55. The van der Waals surface area contributed by atoms with Crippen molar-refractivity contribution in [1.29, 1.82) is 0 Å². The normalized spacial score (nSPS) is 13.9. The lowest BCUT2D eigenvalue weighted by molar-refractivity contribution is -0.120. The van der Waals surface area contributed by atoms with Gasteiger partial charge in [0.2, 0.25) is 11.8 Å². The van der Waals surface area contributed by atoms with Crippen LogP contribution in [0.2, 0.25) is 5.02 Å². The monoisotopic (exact) mass is 441 g/mol.